The second kappa shape index (κ2) is 5.41. The summed E-state index contributed by atoms with van der Waals surface area (Å²) < 4.78 is 2.01. The van der Waals surface area contributed by atoms with E-state index in [1.54, 1.807) is 6.33 Å². The zero-order valence-corrected chi connectivity index (χ0v) is 9.84. The van der Waals surface area contributed by atoms with Crippen LogP contribution in [0.15, 0.2) is 6.33 Å². The van der Waals surface area contributed by atoms with Crippen LogP contribution in [0.25, 0.3) is 0 Å². The summed E-state index contributed by atoms with van der Waals surface area (Å²) in [6.07, 6.45) is 6.12. The maximum atomic E-state index is 8.79. The van der Waals surface area contributed by atoms with Gasteiger partial charge in [0.2, 0.25) is 0 Å². The first-order chi connectivity index (χ1) is 7.83. The van der Waals surface area contributed by atoms with Gasteiger partial charge in [-0.3, -0.25) is 4.90 Å². The van der Waals surface area contributed by atoms with E-state index in [-0.39, 0.29) is 0 Å². The van der Waals surface area contributed by atoms with Crippen LogP contribution in [0.5, 0.6) is 0 Å². The maximum absolute atomic E-state index is 8.79. The molecule has 1 aromatic heterocycles. The Kier molecular flexibility index (Phi) is 3.90. The van der Waals surface area contributed by atoms with Crippen molar-refractivity contribution in [3.63, 3.8) is 0 Å². The number of nitrogens with zero attached hydrogens (tertiary/aromatic N) is 4. The summed E-state index contributed by atoms with van der Waals surface area (Å²) in [5.41, 5.74) is 0. The average molecular weight is 224 g/mol. The van der Waals surface area contributed by atoms with E-state index in [1.807, 2.05) is 11.6 Å². The molecule has 1 fully saturated rings. The minimum absolute atomic E-state index is 0.294. The van der Waals surface area contributed by atoms with Crippen LogP contribution in [0.3, 0.4) is 0 Å². The Labute approximate surface area is 96.1 Å². The quantitative estimate of drug-likeness (QED) is 0.749. The van der Waals surface area contributed by atoms with Crippen molar-refractivity contribution in [1.82, 2.24) is 19.7 Å². The van der Waals surface area contributed by atoms with Crippen molar-refractivity contribution in [2.75, 3.05) is 19.7 Å². The molecule has 0 aliphatic carbocycles. The first-order valence-corrected chi connectivity index (χ1v) is 6.01. The lowest BCUT2D eigenvalue weighted by Crippen LogP contribution is -2.26. The molecule has 1 N–H and O–H groups in total. The highest BCUT2D eigenvalue weighted by Gasteiger charge is 2.28. The molecule has 0 radical (unpaired) electrons. The number of aryl methyl sites for hydroxylation is 1. The maximum Gasteiger partial charge on any atom is 0.149 e. The molecule has 1 saturated heterocycles. The van der Waals surface area contributed by atoms with Crippen molar-refractivity contribution in [3.8, 4) is 0 Å². The fourth-order valence-corrected chi connectivity index (χ4v) is 2.41. The van der Waals surface area contributed by atoms with E-state index in [4.69, 9.17) is 5.11 Å². The van der Waals surface area contributed by atoms with Crippen molar-refractivity contribution in [3.05, 3.63) is 12.2 Å². The summed E-state index contributed by atoms with van der Waals surface area (Å²) in [5, 5.41) is 16.9. The van der Waals surface area contributed by atoms with Gasteiger partial charge in [0, 0.05) is 13.7 Å². The molecule has 0 amide bonds. The Morgan fingerprint density at radius 2 is 2.38 bits per heavy atom. The molecule has 1 aliphatic rings. The van der Waals surface area contributed by atoms with Crippen molar-refractivity contribution in [2.24, 2.45) is 7.05 Å². The smallest absolute Gasteiger partial charge is 0.149 e. The topological polar surface area (TPSA) is 54.2 Å². The van der Waals surface area contributed by atoms with Crippen molar-refractivity contribution < 1.29 is 5.11 Å². The van der Waals surface area contributed by atoms with Gasteiger partial charge in [0.1, 0.15) is 12.2 Å². The highest BCUT2D eigenvalue weighted by molar-refractivity contribution is 4.98. The molecular weight excluding hydrogens is 204 g/mol. The van der Waals surface area contributed by atoms with Crippen LogP contribution in [-0.4, -0.2) is 44.5 Å². The van der Waals surface area contributed by atoms with Gasteiger partial charge in [-0.25, -0.2) is 0 Å². The van der Waals surface area contributed by atoms with Gasteiger partial charge in [-0.05, 0) is 38.8 Å². The number of unbranched alkanes of at least 4 members (excludes halogenated alkanes) is 1. The van der Waals surface area contributed by atoms with Crippen molar-refractivity contribution in [1.29, 1.82) is 0 Å². The lowest BCUT2D eigenvalue weighted by atomic mass is 10.2. The number of hydrogen-bond donors (Lipinski definition) is 1. The molecule has 1 atom stereocenters. The van der Waals surface area contributed by atoms with Gasteiger partial charge < -0.3 is 9.67 Å². The van der Waals surface area contributed by atoms with Crippen molar-refractivity contribution >= 4 is 0 Å². The molecule has 0 bridgehead atoms. The van der Waals surface area contributed by atoms with Crippen LogP contribution in [-0.2, 0) is 7.05 Å². The van der Waals surface area contributed by atoms with E-state index in [9.17, 15) is 0 Å². The molecule has 2 rings (SSSR count). The monoisotopic (exact) mass is 224 g/mol. The van der Waals surface area contributed by atoms with Gasteiger partial charge >= 0.3 is 0 Å². The Morgan fingerprint density at radius 1 is 1.50 bits per heavy atom. The largest absolute Gasteiger partial charge is 0.396 e. The number of likely N-dealkylation sites (tertiary alicyclic amines) is 1. The minimum atomic E-state index is 0.294. The zero-order chi connectivity index (χ0) is 11.4. The third-order valence-electron chi connectivity index (χ3n) is 3.26. The van der Waals surface area contributed by atoms with Crippen LogP contribution in [0.2, 0.25) is 0 Å². The first-order valence-electron chi connectivity index (χ1n) is 6.01. The molecular formula is C11H20N4O. The van der Waals surface area contributed by atoms with E-state index in [2.05, 4.69) is 15.1 Å². The Morgan fingerprint density at radius 3 is 3.06 bits per heavy atom. The normalized spacial score (nSPS) is 21.8. The second-order valence-electron chi connectivity index (χ2n) is 4.42. The van der Waals surface area contributed by atoms with Gasteiger partial charge in [-0.15, -0.1) is 10.2 Å². The van der Waals surface area contributed by atoms with Crippen LogP contribution < -0.4 is 0 Å². The fraction of sp³-hybridized carbons (Fsp3) is 0.818. The van der Waals surface area contributed by atoms with Gasteiger partial charge in [-0.1, -0.05) is 0 Å². The Hall–Kier alpha value is -0.940. The lowest BCUT2D eigenvalue weighted by Gasteiger charge is -2.23. The number of aliphatic hydroxyl groups excluding tert-OH is 1. The molecule has 90 valence electrons. The van der Waals surface area contributed by atoms with E-state index in [0.717, 1.165) is 31.8 Å². The van der Waals surface area contributed by atoms with E-state index >= 15 is 0 Å². The number of rotatable bonds is 5. The Balaban J connectivity index is 1.95. The lowest BCUT2D eigenvalue weighted by molar-refractivity contribution is 0.223. The predicted octanol–water partition coefficient (Wildman–Crippen LogP) is 0.724. The molecule has 0 aromatic carbocycles. The van der Waals surface area contributed by atoms with E-state index < -0.39 is 0 Å². The highest BCUT2D eigenvalue weighted by Crippen LogP contribution is 2.30. The summed E-state index contributed by atoms with van der Waals surface area (Å²) in [7, 11) is 2.00. The SMILES string of the molecule is Cn1cnnc1C1CCCN1CCCCO. The molecule has 1 aromatic rings. The fourth-order valence-electron chi connectivity index (χ4n) is 2.41. The molecule has 0 saturated carbocycles. The van der Waals surface area contributed by atoms with Gasteiger partial charge in [-0.2, -0.15) is 0 Å². The molecule has 1 aliphatic heterocycles. The molecule has 2 heterocycles. The van der Waals surface area contributed by atoms with Crippen molar-refractivity contribution in [2.45, 2.75) is 31.7 Å². The molecule has 16 heavy (non-hydrogen) atoms. The summed E-state index contributed by atoms with van der Waals surface area (Å²) >= 11 is 0. The standard InChI is InChI=1S/C11H20N4O/c1-14-9-12-13-11(14)10-5-4-7-15(10)6-2-3-8-16/h9-10,16H,2-8H2,1H3. The predicted molar refractivity (Wildman–Crippen MR) is 60.9 cm³/mol. The van der Waals surface area contributed by atoms with Crippen LogP contribution in [0.1, 0.15) is 37.5 Å². The van der Waals surface area contributed by atoms with Crippen LogP contribution in [0, 0.1) is 0 Å². The summed E-state index contributed by atoms with van der Waals surface area (Å²) in [5.74, 6) is 1.07. The average Bonchev–Trinajstić information content (AvgIpc) is 2.87. The van der Waals surface area contributed by atoms with Gasteiger partial charge in [0.25, 0.3) is 0 Å². The van der Waals surface area contributed by atoms with Gasteiger partial charge in [0.05, 0.1) is 6.04 Å². The molecule has 5 heteroatoms. The van der Waals surface area contributed by atoms with Gasteiger partial charge in [0.15, 0.2) is 0 Å². The third-order valence-corrected chi connectivity index (χ3v) is 3.26. The second-order valence-corrected chi connectivity index (χ2v) is 4.42. The third kappa shape index (κ3) is 2.41. The van der Waals surface area contributed by atoms with E-state index in [0.29, 0.717) is 12.6 Å². The summed E-state index contributed by atoms with van der Waals surface area (Å²) in [6, 6.07) is 0.422. The minimum Gasteiger partial charge on any atom is -0.396 e. The van der Waals surface area contributed by atoms with E-state index in [1.165, 1.54) is 12.8 Å². The highest BCUT2D eigenvalue weighted by atomic mass is 16.2. The molecule has 5 nitrogen and oxygen atoms in total. The summed E-state index contributed by atoms with van der Waals surface area (Å²) in [4.78, 5) is 2.46. The van der Waals surface area contributed by atoms with Crippen LogP contribution >= 0.6 is 0 Å². The number of aliphatic hydroxyl groups is 1. The molecule has 0 spiro atoms. The van der Waals surface area contributed by atoms with Crippen LogP contribution in [0.4, 0.5) is 0 Å². The molecule has 1 unspecified atom stereocenters. The number of hydrogen-bond acceptors (Lipinski definition) is 4. The summed E-state index contributed by atoms with van der Waals surface area (Å²) in [6.45, 7) is 2.49. The number of aromatic nitrogens is 3. The Bertz CT molecular complexity index is 326. The zero-order valence-electron chi connectivity index (χ0n) is 9.84. The first kappa shape index (κ1) is 11.5.